The quantitative estimate of drug-likeness (QED) is 0.151. The Morgan fingerprint density at radius 1 is 0.571 bits per heavy atom. The molecule has 12 heteroatoms. The van der Waals surface area contributed by atoms with E-state index < -0.39 is 23.6 Å². The highest BCUT2D eigenvalue weighted by Crippen LogP contribution is 2.37. The molecule has 0 fully saturated rings. The van der Waals surface area contributed by atoms with Crippen molar-refractivity contribution >= 4 is 47.2 Å². The van der Waals surface area contributed by atoms with Crippen LogP contribution in [-0.4, -0.2) is 123 Å². The van der Waals surface area contributed by atoms with Gasteiger partial charge in [-0.05, 0) is 90.2 Å². The minimum Gasteiger partial charge on any atom is -0.359 e. The molecule has 0 aliphatic carbocycles. The average molecular weight is 579 g/mol. The zero-order chi connectivity index (χ0) is 30.2. The van der Waals surface area contributed by atoms with E-state index in [4.69, 9.17) is 0 Å². The van der Waals surface area contributed by atoms with Crippen LogP contribution in [0.4, 0.5) is 0 Å². The molecule has 6 amide bonds. The van der Waals surface area contributed by atoms with Crippen molar-refractivity contribution in [1.82, 2.24) is 30.2 Å². The summed E-state index contributed by atoms with van der Waals surface area (Å²) in [4.78, 5) is 81.2. The second kappa shape index (κ2) is 14.1. The zero-order valence-electron chi connectivity index (χ0n) is 24.2. The van der Waals surface area contributed by atoms with E-state index >= 15 is 0 Å². The van der Waals surface area contributed by atoms with Crippen molar-refractivity contribution < 1.29 is 28.8 Å². The standard InChI is InChI=1S/C30H38N6O6/c1-33(13-3-11-31-19-37)15-5-17-35-27(39)21-7-9-23-26-24(10-8-22(25(21)26)28(35)40)30(42)36(29(23)41)18-6-16-34(2)14-4-12-32-20-38/h7-10,19-20H,3-6,11-18H2,1-2H3,(H,31,37)(H,32,38). The molecular weight excluding hydrogens is 540 g/mol. The van der Waals surface area contributed by atoms with Gasteiger partial charge in [-0.25, -0.2) is 0 Å². The third-order valence-corrected chi connectivity index (χ3v) is 7.79. The van der Waals surface area contributed by atoms with Gasteiger partial charge in [-0.15, -0.1) is 0 Å². The molecule has 4 rings (SSSR count). The Balaban J connectivity index is 1.44. The summed E-state index contributed by atoms with van der Waals surface area (Å²) in [5.74, 6) is -1.71. The molecule has 2 N–H and O–H groups in total. The van der Waals surface area contributed by atoms with E-state index in [-0.39, 0.29) is 13.1 Å². The van der Waals surface area contributed by atoms with Gasteiger partial charge in [0.25, 0.3) is 23.6 Å². The number of benzene rings is 2. The Morgan fingerprint density at radius 3 is 1.19 bits per heavy atom. The lowest BCUT2D eigenvalue weighted by atomic mass is 9.86. The van der Waals surface area contributed by atoms with Gasteiger partial charge in [0, 0.05) is 59.2 Å². The third kappa shape index (κ3) is 6.50. The lowest BCUT2D eigenvalue weighted by Crippen LogP contribution is -2.44. The average Bonchev–Trinajstić information content (AvgIpc) is 2.98. The second-order valence-electron chi connectivity index (χ2n) is 10.8. The predicted octanol–water partition coefficient (Wildman–Crippen LogP) is 0.948. The normalized spacial score (nSPS) is 14.4. The first-order valence-corrected chi connectivity index (χ1v) is 14.3. The molecule has 0 spiro atoms. The maximum absolute atomic E-state index is 13.5. The van der Waals surface area contributed by atoms with Gasteiger partial charge in [-0.3, -0.25) is 38.6 Å². The Hall–Kier alpha value is -4.16. The minimum absolute atomic E-state index is 0.243. The van der Waals surface area contributed by atoms with Crippen LogP contribution < -0.4 is 10.6 Å². The lowest BCUT2D eigenvalue weighted by molar-refractivity contribution is -0.110. The van der Waals surface area contributed by atoms with Crippen molar-refractivity contribution in [2.45, 2.75) is 25.7 Å². The summed E-state index contributed by atoms with van der Waals surface area (Å²) in [7, 11) is 3.90. The van der Waals surface area contributed by atoms with Gasteiger partial charge in [-0.2, -0.15) is 0 Å². The van der Waals surface area contributed by atoms with Crippen LogP contribution in [-0.2, 0) is 9.59 Å². The van der Waals surface area contributed by atoms with Crippen molar-refractivity contribution in [3.63, 3.8) is 0 Å². The molecule has 12 nitrogen and oxygen atoms in total. The molecule has 2 aromatic rings. The van der Waals surface area contributed by atoms with Gasteiger partial charge >= 0.3 is 0 Å². The van der Waals surface area contributed by atoms with Gasteiger partial charge in [0.1, 0.15) is 0 Å². The molecule has 2 aromatic carbocycles. The van der Waals surface area contributed by atoms with Crippen molar-refractivity contribution in [3.8, 4) is 0 Å². The Morgan fingerprint density at radius 2 is 0.881 bits per heavy atom. The molecule has 0 unspecified atom stereocenters. The molecule has 42 heavy (non-hydrogen) atoms. The number of nitrogens with zero attached hydrogens (tertiary/aromatic N) is 4. The summed E-state index contributed by atoms with van der Waals surface area (Å²) in [6.07, 6.45) is 4.10. The van der Waals surface area contributed by atoms with Crippen LogP contribution in [0.5, 0.6) is 0 Å². The highest BCUT2D eigenvalue weighted by atomic mass is 16.2. The summed E-state index contributed by atoms with van der Waals surface area (Å²) in [6, 6.07) is 6.36. The molecule has 2 heterocycles. The number of nitrogens with one attached hydrogen (secondary N) is 2. The molecule has 2 aliphatic rings. The monoisotopic (exact) mass is 578 g/mol. The summed E-state index contributed by atoms with van der Waals surface area (Å²) in [5, 5.41) is 6.01. The summed E-state index contributed by atoms with van der Waals surface area (Å²) < 4.78 is 0. The molecule has 224 valence electrons. The van der Waals surface area contributed by atoms with Gasteiger partial charge in [0.05, 0.1) is 0 Å². The van der Waals surface area contributed by atoms with E-state index in [2.05, 4.69) is 20.4 Å². The van der Waals surface area contributed by atoms with Gasteiger partial charge in [0.15, 0.2) is 0 Å². The maximum Gasteiger partial charge on any atom is 0.261 e. The van der Waals surface area contributed by atoms with Crippen LogP contribution in [0.15, 0.2) is 24.3 Å². The van der Waals surface area contributed by atoms with E-state index in [9.17, 15) is 28.8 Å². The predicted molar refractivity (Wildman–Crippen MR) is 156 cm³/mol. The van der Waals surface area contributed by atoms with E-state index in [1.807, 2.05) is 14.1 Å². The van der Waals surface area contributed by atoms with Crippen molar-refractivity contribution in [2.75, 3.05) is 66.5 Å². The molecule has 0 atom stereocenters. The Kier molecular flexibility index (Phi) is 10.4. The molecule has 0 aromatic heterocycles. The van der Waals surface area contributed by atoms with Crippen LogP contribution in [0.3, 0.4) is 0 Å². The smallest absolute Gasteiger partial charge is 0.261 e. The minimum atomic E-state index is -0.428. The third-order valence-electron chi connectivity index (χ3n) is 7.79. The SMILES string of the molecule is CN(CCCNC=O)CCCN1C(=O)c2ccc3c4c(ccc(c24)C1=O)C(=O)N(CCCN(C)CCCNC=O)C3=O. The van der Waals surface area contributed by atoms with E-state index in [0.717, 1.165) is 25.9 Å². The second-order valence-corrected chi connectivity index (χ2v) is 10.8. The Bertz CT molecular complexity index is 1200. The molecule has 0 radical (unpaired) electrons. The van der Waals surface area contributed by atoms with Crippen LogP contribution in [0, 0.1) is 0 Å². The van der Waals surface area contributed by atoms with Gasteiger partial charge in [0.2, 0.25) is 12.8 Å². The summed E-state index contributed by atoms with van der Waals surface area (Å²) in [6.45, 7) is 4.54. The van der Waals surface area contributed by atoms with E-state index in [1.54, 1.807) is 24.3 Å². The first kappa shape index (κ1) is 30.8. The number of rotatable bonds is 18. The zero-order valence-corrected chi connectivity index (χ0v) is 24.2. The lowest BCUT2D eigenvalue weighted by Gasteiger charge is -2.32. The van der Waals surface area contributed by atoms with Gasteiger partial charge < -0.3 is 20.4 Å². The fraction of sp³-hybridized carbons (Fsp3) is 0.467. The number of carbonyl (C=O) groups excluding carboxylic acids is 6. The Labute approximate surface area is 245 Å². The number of imide groups is 2. The van der Waals surface area contributed by atoms with Crippen LogP contribution in [0.25, 0.3) is 10.8 Å². The fourth-order valence-electron chi connectivity index (χ4n) is 5.62. The van der Waals surface area contributed by atoms with Crippen LogP contribution in [0.1, 0.15) is 67.1 Å². The van der Waals surface area contributed by atoms with E-state index in [0.29, 0.717) is 84.9 Å². The largest absolute Gasteiger partial charge is 0.359 e. The number of hydrogen-bond donors (Lipinski definition) is 2. The highest BCUT2D eigenvalue weighted by molar-refractivity contribution is 6.33. The van der Waals surface area contributed by atoms with Crippen molar-refractivity contribution in [1.29, 1.82) is 0 Å². The molecular formula is C30H38N6O6. The fourth-order valence-corrected chi connectivity index (χ4v) is 5.62. The first-order chi connectivity index (χ1) is 20.3. The van der Waals surface area contributed by atoms with E-state index in [1.165, 1.54) is 9.80 Å². The molecule has 0 saturated carbocycles. The number of amides is 6. The maximum atomic E-state index is 13.5. The summed E-state index contributed by atoms with van der Waals surface area (Å²) >= 11 is 0. The van der Waals surface area contributed by atoms with Gasteiger partial charge in [-0.1, -0.05) is 0 Å². The number of carbonyl (C=O) groups is 6. The summed E-state index contributed by atoms with van der Waals surface area (Å²) in [5.41, 5.74) is 1.27. The first-order valence-electron chi connectivity index (χ1n) is 14.3. The topological polar surface area (TPSA) is 139 Å². The van der Waals surface area contributed by atoms with Crippen LogP contribution >= 0.6 is 0 Å². The molecule has 0 saturated heterocycles. The molecule has 0 bridgehead atoms. The van der Waals surface area contributed by atoms with Crippen LogP contribution in [0.2, 0.25) is 0 Å². The highest BCUT2D eigenvalue weighted by Gasteiger charge is 2.39. The molecule has 2 aliphatic heterocycles. The van der Waals surface area contributed by atoms with Crippen molar-refractivity contribution in [3.05, 3.63) is 46.5 Å². The number of hydrogen-bond acceptors (Lipinski definition) is 8. The van der Waals surface area contributed by atoms with Crippen molar-refractivity contribution in [2.24, 2.45) is 0 Å².